The average Bonchev–Trinajstić information content (AvgIpc) is 3.33. The number of rotatable bonds is 5. The fourth-order valence-electron chi connectivity index (χ4n) is 2.54. The lowest BCUT2D eigenvalue weighted by molar-refractivity contribution is -0.117. The molecule has 1 heterocycles. The molecule has 0 spiro atoms. The summed E-state index contributed by atoms with van der Waals surface area (Å²) in [4.78, 5) is 27.6. The molecule has 0 unspecified atom stereocenters. The number of nitrogens with one attached hydrogen (secondary N) is 1. The van der Waals surface area contributed by atoms with Crippen molar-refractivity contribution in [3.8, 4) is 0 Å². The van der Waals surface area contributed by atoms with E-state index in [0.29, 0.717) is 12.1 Å². The van der Waals surface area contributed by atoms with Gasteiger partial charge in [-0.25, -0.2) is 0 Å². The number of hydrogen-bond acceptors (Lipinski definition) is 3. The van der Waals surface area contributed by atoms with Crippen molar-refractivity contribution in [3.63, 3.8) is 0 Å². The highest BCUT2D eigenvalue weighted by Crippen LogP contribution is 2.31. The highest BCUT2D eigenvalue weighted by Gasteiger charge is 2.30. The number of thiophene rings is 1. The van der Waals surface area contributed by atoms with E-state index in [-0.39, 0.29) is 17.7 Å². The molecule has 4 nitrogen and oxygen atoms in total. The molecule has 0 atom stereocenters. The van der Waals surface area contributed by atoms with E-state index in [4.69, 9.17) is 0 Å². The average molecular weight is 342 g/mol. The Bertz CT molecular complexity index is 777. The second-order valence-corrected chi connectivity index (χ2v) is 7.48. The first-order chi connectivity index (χ1) is 11.5. The van der Waals surface area contributed by atoms with Crippen molar-refractivity contribution < 1.29 is 9.59 Å². The Morgan fingerprint density at radius 2 is 1.96 bits per heavy atom. The minimum atomic E-state index is -0.0373. The SMILES string of the molecule is Cc1ccc(C(=O)N(C)Cc2sccc2C)cc1NC(=O)C1CC1. The minimum absolute atomic E-state index is 0.0373. The molecule has 1 aromatic heterocycles. The molecular weight excluding hydrogens is 320 g/mol. The maximum atomic E-state index is 12.7. The molecule has 1 saturated carbocycles. The highest BCUT2D eigenvalue weighted by molar-refractivity contribution is 7.10. The Kier molecular flexibility index (Phi) is 4.71. The zero-order valence-corrected chi connectivity index (χ0v) is 15.1. The Balaban J connectivity index is 1.74. The van der Waals surface area contributed by atoms with Crippen LogP contribution in [0.15, 0.2) is 29.6 Å². The quantitative estimate of drug-likeness (QED) is 0.893. The molecule has 0 saturated heterocycles. The predicted molar refractivity (Wildman–Crippen MR) is 97.4 cm³/mol. The summed E-state index contributed by atoms with van der Waals surface area (Å²) in [5.74, 6) is 0.170. The van der Waals surface area contributed by atoms with Crippen molar-refractivity contribution in [1.82, 2.24) is 4.90 Å². The predicted octanol–water partition coefficient (Wildman–Crippen LogP) is 3.99. The number of benzene rings is 1. The zero-order chi connectivity index (χ0) is 17.3. The van der Waals surface area contributed by atoms with Gasteiger partial charge in [0.15, 0.2) is 0 Å². The van der Waals surface area contributed by atoms with Crippen molar-refractivity contribution in [2.45, 2.75) is 33.2 Å². The zero-order valence-electron chi connectivity index (χ0n) is 14.3. The van der Waals surface area contributed by atoms with Gasteiger partial charge in [-0.3, -0.25) is 9.59 Å². The molecule has 5 heteroatoms. The van der Waals surface area contributed by atoms with Crippen molar-refractivity contribution in [3.05, 3.63) is 51.2 Å². The number of anilines is 1. The second-order valence-electron chi connectivity index (χ2n) is 6.48. The van der Waals surface area contributed by atoms with Crippen LogP contribution < -0.4 is 5.32 Å². The van der Waals surface area contributed by atoms with Crippen molar-refractivity contribution >= 4 is 28.8 Å². The third kappa shape index (κ3) is 3.67. The van der Waals surface area contributed by atoms with E-state index in [0.717, 1.165) is 24.1 Å². The molecule has 24 heavy (non-hydrogen) atoms. The third-order valence-electron chi connectivity index (χ3n) is 4.39. The first-order valence-corrected chi connectivity index (χ1v) is 9.03. The minimum Gasteiger partial charge on any atom is -0.337 e. The second kappa shape index (κ2) is 6.77. The van der Waals surface area contributed by atoms with E-state index in [1.54, 1.807) is 22.3 Å². The maximum Gasteiger partial charge on any atom is 0.253 e. The van der Waals surface area contributed by atoms with E-state index in [1.165, 1.54) is 10.4 Å². The Labute approximate surface area is 146 Å². The van der Waals surface area contributed by atoms with Gasteiger partial charge in [0.1, 0.15) is 0 Å². The Morgan fingerprint density at radius 1 is 1.21 bits per heavy atom. The summed E-state index contributed by atoms with van der Waals surface area (Å²) < 4.78 is 0. The summed E-state index contributed by atoms with van der Waals surface area (Å²) in [6.07, 6.45) is 1.93. The molecule has 3 rings (SSSR count). The molecule has 1 aromatic carbocycles. The summed E-state index contributed by atoms with van der Waals surface area (Å²) in [7, 11) is 1.81. The summed E-state index contributed by atoms with van der Waals surface area (Å²) >= 11 is 1.66. The maximum absolute atomic E-state index is 12.7. The van der Waals surface area contributed by atoms with Crippen molar-refractivity contribution in [2.75, 3.05) is 12.4 Å². The normalized spacial score (nSPS) is 13.6. The summed E-state index contributed by atoms with van der Waals surface area (Å²) in [5, 5.41) is 5.00. The van der Waals surface area contributed by atoms with Gasteiger partial charge in [-0.15, -0.1) is 11.3 Å². The van der Waals surface area contributed by atoms with E-state index in [9.17, 15) is 9.59 Å². The lowest BCUT2D eigenvalue weighted by Gasteiger charge is -2.18. The summed E-state index contributed by atoms with van der Waals surface area (Å²) in [6, 6.07) is 7.56. The van der Waals surface area contributed by atoms with Crippen molar-refractivity contribution in [2.24, 2.45) is 5.92 Å². The van der Waals surface area contributed by atoms with Gasteiger partial charge in [-0.1, -0.05) is 6.07 Å². The van der Waals surface area contributed by atoms with E-state index in [2.05, 4.69) is 18.3 Å². The Morgan fingerprint density at radius 3 is 2.58 bits per heavy atom. The number of carbonyl (C=O) groups is 2. The number of amides is 2. The fourth-order valence-corrected chi connectivity index (χ4v) is 3.50. The molecule has 0 radical (unpaired) electrons. The molecule has 0 aliphatic heterocycles. The first kappa shape index (κ1) is 16.7. The number of hydrogen-bond donors (Lipinski definition) is 1. The van der Waals surface area contributed by atoms with Crippen LogP contribution in [-0.4, -0.2) is 23.8 Å². The standard InChI is InChI=1S/C19H22N2O2S/c1-12-4-5-15(10-16(12)20-18(22)14-6-7-14)19(23)21(3)11-17-13(2)8-9-24-17/h4-5,8-10,14H,6-7,11H2,1-3H3,(H,20,22). The van der Waals surface area contributed by atoms with Gasteiger partial charge in [0, 0.05) is 29.1 Å². The molecule has 1 fully saturated rings. The van der Waals surface area contributed by atoms with Crippen LogP contribution in [0.3, 0.4) is 0 Å². The lowest BCUT2D eigenvalue weighted by Crippen LogP contribution is -2.26. The van der Waals surface area contributed by atoms with Crippen LogP contribution in [-0.2, 0) is 11.3 Å². The van der Waals surface area contributed by atoms with Crippen LogP contribution in [0.5, 0.6) is 0 Å². The van der Waals surface area contributed by atoms with Gasteiger partial charge < -0.3 is 10.2 Å². The monoisotopic (exact) mass is 342 g/mol. The molecule has 1 aliphatic rings. The van der Waals surface area contributed by atoms with Crippen LogP contribution in [0.1, 0.15) is 39.2 Å². The van der Waals surface area contributed by atoms with Crippen LogP contribution in [0, 0.1) is 19.8 Å². The van der Waals surface area contributed by atoms with Gasteiger partial charge in [0.25, 0.3) is 5.91 Å². The summed E-state index contributed by atoms with van der Waals surface area (Å²) in [5.41, 5.74) is 3.51. The molecule has 1 N–H and O–H groups in total. The van der Waals surface area contributed by atoms with Gasteiger partial charge in [0.05, 0.1) is 6.54 Å². The largest absolute Gasteiger partial charge is 0.337 e. The van der Waals surface area contributed by atoms with Crippen LogP contribution in [0.4, 0.5) is 5.69 Å². The van der Waals surface area contributed by atoms with Gasteiger partial charge in [0.2, 0.25) is 5.91 Å². The number of carbonyl (C=O) groups excluding carboxylic acids is 2. The van der Waals surface area contributed by atoms with Crippen molar-refractivity contribution in [1.29, 1.82) is 0 Å². The van der Waals surface area contributed by atoms with Crippen LogP contribution in [0.25, 0.3) is 0 Å². The lowest BCUT2D eigenvalue weighted by atomic mass is 10.1. The van der Waals surface area contributed by atoms with Gasteiger partial charge in [-0.2, -0.15) is 0 Å². The van der Waals surface area contributed by atoms with Gasteiger partial charge in [-0.05, 0) is 61.4 Å². The first-order valence-electron chi connectivity index (χ1n) is 8.15. The topological polar surface area (TPSA) is 49.4 Å². The van der Waals surface area contributed by atoms with E-state index < -0.39 is 0 Å². The smallest absolute Gasteiger partial charge is 0.253 e. The third-order valence-corrected chi connectivity index (χ3v) is 5.39. The van der Waals surface area contributed by atoms with E-state index in [1.807, 2.05) is 31.5 Å². The van der Waals surface area contributed by atoms with Gasteiger partial charge >= 0.3 is 0 Å². The molecule has 2 amide bonds. The van der Waals surface area contributed by atoms with Crippen LogP contribution in [0.2, 0.25) is 0 Å². The fraction of sp³-hybridized carbons (Fsp3) is 0.368. The van der Waals surface area contributed by atoms with Crippen LogP contribution >= 0.6 is 11.3 Å². The number of nitrogens with zero attached hydrogens (tertiary/aromatic N) is 1. The molecular formula is C19H22N2O2S. The molecule has 126 valence electrons. The highest BCUT2D eigenvalue weighted by atomic mass is 32.1. The molecule has 0 bridgehead atoms. The number of aryl methyl sites for hydroxylation is 2. The Hall–Kier alpha value is -2.14. The molecule has 1 aliphatic carbocycles. The summed E-state index contributed by atoms with van der Waals surface area (Å²) in [6.45, 7) is 4.59. The van der Waals surface area contributed by atoms with E-state index >= 15 is 0 Å². The molecule has 2 aromatic rings.